The number of aliphatic hydroxyl groups excluding tert-OH is 2. The van der Waals surface area contributed by atoms with E-state index in [2.05, 4.69) is 0 Å². The van der Waals surface area contributed by atoms with E-state index in [1.807, 2.05) is 25.2 Å². The second-order valence-electron chi connectivity index (χ2n) is 2.57. The average Bonchev–Trinajstić information content (AvgIpc) is 2.34. The van der Waals surface area contributed by atoms with Crippen LogP contribution < -0.4 is 0 Å². The molecule has 0 saturated carbocycles. The number of aliphatic hydroxyl groups is 2. The highest BCUT2D eigenvalue weighted by atomic mass is 16.3. The fourth-order valence-corrected chi connectivity index (χ4v) is 1.14. The zero-order valence-electron chi connectivity index (χ0n) is 5.99. The topological polar surface area (TPSA) is 40.5 Å². The van der Waals surface area contributed by atoms with Crippen LogP contribution in [0.4, 0.5) is 0 Å². The molecule has 56 valence electrons. The van der Waals surface area contributed by atoms with Crippen molar-refractivity contribution in [2.45, 2.75) is 13.0 Å². The molecule has 0 fully saturated rings. The second-order valence-corrected chi connectivity index (χ2v) is 2.57. The van der Waals surface area contributed by atoms with Gasteiger partial charge in [-0.3, -0.25) is 0 Å². The minimum Gasteiger partial charge on any atom is -0.394 e. The lowest BCUT2D eigenvalue weighted by Gasteiger charge is -2.14. The molecule has 2 N–H and O–H groups in total. The molecular weight excluding hydrogens is 128 g/mol. The third-order valence-electron chi connectivity index (χ3n) is 1.80. The quantitative estimate of drug-likeness (QED) is 0.585. The summed E-state index contributed by atoms with van der Waals surface area (Å²) in [5.74, 6) is 0.0324. The molecule has 2 heteroatoms. The Morgan fingerprint density at radius 2 is 2.40 bits per heavy atom. The highest BCUT2D eigenvalue weighted by molar-refractivity contribution is 5.26. The minimum atomic E-state index is -0.630. The van der Waals surface area contributed by atoms with Crippen LogP contribution in [0.3, 0.4) is 0 Å². The van der Waals surface area contributed by atoms with E-state index in [9.17, 15) is 5.11 Å². The summed E-state index contributed by atoms with van der Waals surface area (Å²) in [5, 5.41) is 17.8. The van der Waals surface area contributed by atoms with Gasteiger partial charge in [-0.1, -0.05) is 23.8 Å². The first kappa shape index (κ1) is 7.51. The zero-order valence-corrected chi connectivity index (χ0v) is 5.99. The normalized spacial score (nSPS) is 26.7. The van der Waals surface area contributed by atoms with Crippen LogP contribution >= 0.6 is 0 Å². The summed E-state index contributed by atoms with van der Waals surface area (Å²) in [7, 11) is 0. The maximum atomic E-state index is 9.19. The highest BCUT2D eigenvalue weighted by Crippen LogP contribution is 2.21. The molecule has 0 radical (unpaired) electrons. The summed E-state index contributed by atoms with van der Waals surface area (Å²) in [5.41, 5.74) is 1.11. The Labute approximate surface area is 60.5 Å². The van der Waals surface area contributed by atoms with Gasteiger partial charge in [-0.2, -0.15) is 0 Å². The Morgan fingerprint density at radius 1 is 1.70 bits per heavy atom. The molecule has 1 rings (SSSR count). The van der Waals surface area contributed by atoms with E-state index in [-0.39, 0.29) is 12.5 Å². The van der Waals surface area contributed by atoms with Crippen molar-refractivity contribution in [3.8, 4) is 0 Å². The number of hydrogen-bond donors (Lipinski definition) is 2. The van der Waals surface area contributed by atoms with Crippen LogP contribution in [0, 0.1) is 5.92 Å². The molecule has 0 heterocycles. The lowest BCUT2D eigenvalue weighted by Crippen LogP contribution is -2.22. The first-order valence-electron chi connectivity index (χ1n) is 3.39. The average molecular weight is 140 g/mol. The Morgan fingerprint density at radius 3 is 2.80 bits per heavy atom. The van der Waals surface area contributed by atoms with Gasteiger partial charge in [0.2, 0.25) is 0 Å². The lowest BCUT2D eigenvalue weighted by atomic mass is 9.98. The fraction of sp³-hybridized carbons (Fsp3) is 0.500. The van der Waals surface area contributed by atoms with E-state index >= 15 is 0 Å². The summed E-state index contributed by atoms with van der Waals surface area (Å²) < 4.78 is 0. The van der Waals surface area contributed by atoms with E-state index in [0.717, 1.165) is 5.57 Å². The molecule has 0 aromatic carbocycles. The van der Waals surface area contributed by atoms with Crippen LogP contribution in [0.5, 0.6) is 0 Å². The summed E-state index contributed by atoms with van der Waals surface area (Å²) in [6.45, 7) is 1.78. The third kappa shape index (κ3) is 1.28. The summed E-state index contributed by atoms with van der Waals surface area (Å²) in [6, 6.07) is 0. The minimum absolute atomic E-state index is 0.0324. The SMILES string of the molecule is CC1=CC=CC1C(O)CO. The van der Waals surface area contributed by atoms with Gasteiger partial charge >= 0.3 is 0 Å². The standard InChI is InChI=1S/C8H12O2/c1-6-3-2-4-7(6)8(10)5-9/h2-4,7-10H,5H2,1H3. The molecule has 0 aromatic rings. The number of allylic oxidation sites excluding steroid dienone is 2. The molecule has 2 atom stereocenters. The van der Waals surface area contributed by atoms with Crippen LogP contribution in [-0.2, 0) is 0 Å². The molecule has 0 aromatic heterocycles. The van der Waals surface area contributed by atoms with Crippen molar-refractivity contribution in [2.24, 2.45) is 5.92 Å². The molecule has 0 amide bonds. The van der Waals surface area contributed by atoms with Gasteiger partial charge in [-0.05, 0) is 6.92 Å². The monoisotopic (exact) mass is 140 g/mol. The van der Waals surface area contributed by atoms with E-state index < -0.39 is 6.10 Å². The van der Waals surface area contributed by atoms with Gasteiger partial charge in [0.15, 0.2) is 0 Å². The lowest BCUT2D eigenvalue weighted by molar-refractivity contribution is 0.0739. The molecule has 1 aliphatic carbocycles. The third-order valence-corrected chi connectivity index (χ3v) is 1.80. The largest absolute Gasteiger partial charge is 0.394 e. The molecule has 2 nitrogen and oxygen atoms in total. The highest BCUT2D eigenvalue weighted by Gasteiger charge is 2.18. The van der Waals surface area contributed by atoms with E-state index in [4.69, 9.17) is 5.11 Å². The van der Waals surface area contributed by atoms with Crippen molar-refractivity contribution >= 4 is 0 Å². The Balaban J connectivity index is 2.57. The fourth-order valence-electron chi connectivity index (χ4n) is 1.14. The molecule has 0 spiro atoms. The van der Waals surface area contributed by atoms with Gasteiger partial charge in [0.25, 0.3) is 0 Å². The molecular formula is C8H12O2. The van der Waals surface area contributed by atoms with Gasteiger partial charge in [-0.15, -0.1) is 0 Å². The summed E-state index contributed by atoms with van der Waals surface area (Å²) >= 11 is 0. The van der Waals surface area contributed by atoms with Crippen molar-refractivity contribution in [3.05, 3.63) is 23.8 Å². The van der Waals surface area contributed by atoms with Crippen LogP contribution in [0.25, 0.3) is 0 Å². The predicted octanol–water partition coefficient (Wildman–Crippen LogP) is 0.472. The summed E-state index contributed by atoms with van der Waals surface area (Å²) in [6.07, 6.45) is 5.12. The Hall–Kier alpha value is -0.600. The number of rotatable bonds is 2. The van der Waals surface area contributed by atoms with Crippen LogP contribution in [0.2, 0.25) is 0 Å². The van der Waals surface area contributed by atoms with Crippen LogP contribution in [-0.4, -0.2) is 22.9 Å². The van der Waals surface area contributed by atoms with Gasteiger partial charge < -0.3 is 10.2 Å². The molecule has 10 heavy (non-hydrogen) atoms. The first-order valence-corrected chi connectivity index (χ1v) is 3.39. The van der Waals surface area contributed by atoms with E-state index in [0.29, 0.717) is 0 Å². The van der Waals surface area contributed by atoms with Crippen molar-refractivity contribution in [2.75, 3.05) is 6.61 Å². The van der Waals surface area contributed by atoms with E-state index in [1.165, 1.54) is 0 Å². The van der Waals surface area contributed by atoms with Crippen molar-refractivity contribution in [1.29, 1.82) is 0 Å². The van der Waals surface area contributed by atoms with Crippen molar-refractivity contribution in [3.63, 3.8) is 0 Å². The molecule has 0 saturated heterocycles. The Bertz CT molecular complexity index is 170. The predicted molar refractivity (Wildman–Crippen MR) is 39.5 cm³/mol. The van der Waals surface area contributed by atoms with Crippen molar-refractivity contribution < 1.29 is 10.2 Å². The second kappa shape index (κ2) is 2.99. The van der Waals surface area contributed by atoms with Crippen molar-refractivity contribution in [1.82, 2.24) is 0 Å². The molecule has 2 unspecified atom stereocenters. The zero-order chi connectivity index (χ0) is 7.56. The van der Waals surface area contributed by atoms with Gasteiger partial charge in [-0.25, -0.2) is 0 Å². The van der Waals surface area contributed by atoms with Crippen LogP contribution in [0.15, 0.2) is 23.8 Å². The molecule has 0 bridgehead atoms. The number of hydrogen-bond acceptors (Lipinski definition) is 2. The molecule has 0 aliphatic heterocycles. The first-order chi connectivity index (χ1) is 4.75. The maximum Gasteiger partial charge on any atom is 0.0870 e. The maximum absolute atomic E-state index is 9.19. The Kier molecular flexibility index (Phi) is 2.25. The van der Waals surface area contributed by atoms with E-state index in [1.54, 1.807) is 0 Å². The van der Waals surface area contributed by atoms with Gasteiger partial charge in [0.1, 0.15) is 0 Å². The van der Waals surface area contributed by atoms with Gasteiger partial charge in [0.05, 0.1) is 12.7 Å². The molecule has 1 aliphatic rings. The van der Waals surface area contributed by atoms with Crippen LogP contribution in [0.1, 0.15) is 6.92 Å². The summed E-state index contributed by atoms with van der Waals surface area (Å²) in [4.78, 5) is 0. The van der Waals surface area contributed by atoms with Gasteiger partial charge in [0, 0.05) is 5.92 Å². The smallest absolute Gasteiger partial charge is 0.0870 e.